The van der Waals surface area contributed by atoms with Crippen molar-refractivity contribution in [1.29, 1.82) is 0 Å². The monoisotopic (exact) mass is 300 g/mol. The van der Waals surface area contributed by atoms with Crippen LogP contribution in [0, 0.1) is 0 Å². The summed E-state index contributed by atoms with van der Waals surface area (Å²) in [6.45, 7) is 5.33. The number of ether oxygens (including phenoxy) is 2. The van der Waals surface area contributed by atoms with Crippen molar-refractivity contribution in [3.8, 4) is 22.8 Å². The van der Waals surface area contributed by atoms with E-state index in [1.807, 2.05) is 38.1 Å². The minimum atomic E-state index is -0.0371. The van der Waals surface area contributed by atoms with E-state index in [1.165, 1.54) is 0 Å². The summed E-state index contributed by atoms with van der Waals surface area (Å²) in [5, 5.41) is 0. The van der Waals surface area contributed by atoms with Crippen molar-refractivity contribution < 1.29 is 9.47 Å². The third-order valence-corrected chi connectivity index (χ3v) is 3.77. The molecule has 0 atom stereocenters. The van der Waals surface area contributed by atoms with E-state index in [-0.39, 0.29) is 18.1 Å². The van der Waals surface area contributed by atoms with E-state index in [9.17, 15) is 4.79 Å². The number of fused-ring (bicyclic) bond motifs is 1. The number of nitrogens with zero attached hydrogens (tertiary/aromatic N) is 1. The number of rotatable bonds is 3. The van der Waals surface area contributed by atoms with E-state index in [0.717, 1.165) is 22.8 Å². The Labute approximate surface area is 129 Å². The summed E-state index contributed by atoms with van der Waals surface area (Å²) in [5.41, 5.74) is 8.02. The van der Waals surface area contributed by atoms with E-state index in [4.69, 9.17) is 15.2 Å². The van der Waals surface area contributed by atoms with Gasteiger partial charge in [0.1, 0.15) is 13.2 Å². The molecule has 5 nitrogen and oxygen atoms in total. The van der Waals surface area contributed by atoms with E-state index < -0.39 is 0 Å². The Kier molecular flexibility index (Phi) is 3.90. The van der Waals surface area contributed by atoms with Gasteiger partial charge in [-0.15, -0.1) is 0 Å². The van der Waals surface area contributed by atoms with Crippen molar-refractivity contribution in [3.05, 3.63) is 46.2 Å². The lowest BCUT2D eigenvalue weighted by atomic mass is 10.1. The molecule has 0 amide bonds. The molecule has 0 unspecified atom stereocenters. The zero-order valence-corrected chi connectivity index (χ0v) is 12.8. The lowest BCUT2D eigenvalue weighted by Crippen LogP contribution is -2.27. The molecular formula is C17H20N2O3. The third kappa shape index (κ3) is 2.48. The first-order chi connectivity index (χ1) is 10.6. The second kappa shape index (κ2) is 5.85. The van der Waals surface area contributed by atoms with Crippen molar-refractivity contribution >= 4 is 0 Å². The van der Waals surface area contributed by atoms with Crippen LogP contribution in [0.5, 0.6) is 11.5 Å². The van der Waals surface area contributed by atoms with Gasteiger partial charge in [0.05, 0.1) is 5.69 Å². The maximum Gasteiger partial charge on any atom is 0.255 e. The maximum absolute atomic E-state index is 12.6. The fraction of sp³-hybridized carbons (Fsp3) is 0.353. The van der Waals surface area contributed by atoms with Crippen molar-refractivity contribution in [2.45, 2.75) is 26.4 Å². The first kappa shape index (κ1) is 14.7. The van der Waals surface area contributed by atoms with Gasteiger partial charge in [-0.1, -0.05) is 6.07 Å². The summed E-state index contributed by atoms with van der Waals surface area (Å²) < 4.78 is 12.9. The van der Waals surface area contributed by atoms with Gasteiger partial charge in [-0.3, -0.25) is 4.79 Å². The van der Waals surface area contributed by atoms with Crippen LogP contribution in [-0.2, 0) is 6.54 Å². The first-order valence-electron chi connectivity index (χ1n) is 7.46. The summed E-state index contributed by atoms with van der Waals surface area (Å²) in [6, 6.07) is 9.54. The zero-order valence-electron chi connectivity index (χ0n) is 12.8. The molecule has 0 saturated carbocycles. The van der Waals surface area contributed by atoms with Crippen LogP contribution in [0.1, 0.15) is 25.5 Å². The first-order valence-corrected chi connectivity index (χ1v) is 7.46. The lowest BCUT2D eigenvalue weighted by Gasteiger charge is -2.21. The quantitative estimate of drug-likeness (QED) is 0.944. The molecule has 0 aliphatic carbocycles. The van der Waals surface area contributed by atoms with Crippen LogP contribution in [0.15, 0.2) is 35.1 Å². The molecule has 1 aromatic carbocycles. The van der Waals surface area contributed by atoms with Crippen LogP contribution in [0.4, 0.5) is 0 Å². The van der Waals surface area contributed by atoms with E-state index >= 15 is 0 Å². The van der Waals surface area contributed by atoms with Crippen LogP contribution in [0.2, 0.25) is 0 Å². The van der Waals surface area contributed by atoms with Gasteiger partial charge in [0.2, 0.25) is 0 Å². The van der Waals surface area contributed by atoms with Crippen LogP contribution in [0.25, 0.3) is 11.3 Å². The van der Waals surface area contributed by atoms with Gasteiger partial charge in [-0.2, -0.15) is 0 Å². The molecule has 5 heteroatoms. The Hall–Kier alpha value is -2.27. The average Bonchev–Trinajstić information content (AvgIpc) is 2.53. The molecular weight excluding hydrogens is 280 g/mol. The van der Waals surface area contributed by atoms with E-state index in [2.05, 4.69) is 0 Å². The van der Waals surface area contributed by atoms with Crippen molar-refractivity contribution in [1.82, 2.24) is 4.57 Å². The number of aromatic nitrogens is 1. The van der Waals surface area contributed by atoms with E-state index in [1.54, 1.807) is 10.6 Å². The molecule has 0 bridgehead atoms. The number of hydrogen-bond acceptors (Lipinski definition) is 4. The molecule has 22 heavy (non-hydrogen) atoms. The fourth-order valence-corrected chi connectivity index (χ4v) is 2.70. The van der Waals surface area contributed by atoms with Crippen LogP contribution >= 0.6 is 0 Å². The Morgan fingerprint density at radius 3 is 2.55 bits per heavy atom. The molecule has 116 valence electrons. The van der Waals surface area contributed by atoms with Gasteiger partial charge < -0.3 is 19.8 Å². The van der Waals surface area contributed by atoms with Crippen LogP contribution in [0.3, 0.4) is 0 Å². The number of nitrogens with two attached hydrogens (primary N) is 1. The fourth-order valence-electron chi connectivity index (χ4n) is 2.70. The van der Waals surface area contributed by atoms with Gasteiger partial charge in [-0.25, -0.2) is 0 Å². The second-order valence-corrected chi connectivity index (χ2v) is 5.58. The summed E-state index contributed by atoms with van der Waals surface area (Å²) in [4.78, 5) is 12.6. The highest BCUT2D eigenvalue weighted by Crippen LogP contribution is 2.34. The van der Waals surface area contributed by atoms with Gasteiger partial charge in [0.25, 0.3) is 5.56 Å². The Bertz CT molecular complexity index is 750. The highest BCUT2D eigenvalue weighted by Gasteiger charge is 2.16. The smallest absolute Gasteiger partial charge is 0.255 e. The average molecular weight is 300 g/mol. The summed E-state index contributed by atoms with van der Waals surface area (Å²) >= 11 is 0. The summed E-state index contributed by atoms with van der Waals surface area (Å²) in [5.74, 6) is 1.46. The molecule has 1 aliphatic heterocycles. The van der Waals surface area contributed by atoms with Gasteiger partial charge in [0, 0.05) is 23.7 Å². The highest BCUT2D eigenvalue weighted by molar-refractivity contribution is 5.65. The minimum absolute atomic E-state index is 0.0371. The zero-order chi connectivity index (χ0) is 15.7. The van der Waals surface area contributed by atoms with E-state index in [0.29, 0.717) is 18.8 Å². The van der Waals surface area contributed by atoms with Crippen LogP contribution < -0.4 is 20.8 Å². The lowest BCUT2D eigenvalue weighted by molar-refractivity contribution is 0.171. The number of hydrogen-bond donors (Lipinski definition) is 1. The molecule has 0 spiro atoms. The van der Waals surface area contributed by atoms with Crippen molar-refractivity contribution in [2.75, 3.05) is 13.2 Å². The Balaban J connectivity index is 2.16. The highest BCUT2D eigenvalue weighted by atomic mass is 16.6. The number of benzene rings is 1. The van der Waals surface area contributed by atoms with Gasteiger partial charge in [0.15, 0.2) is 11.5 Å². The molecule has 2 N–H and O–H groups in total. The predicted molar refractivity (Wildman–Crippen MR) is 85.4 cm³/mol. The molecule has 2 heterocycles. The maximum atomic E-state index is 12.6. The molecule has 0 radical (unpaired) electrons. The van der Waals surface area contributed by atoms with Crippen LogP contribution in [-0.4, -0.2) is 17.8 Å². The number of pyridine rings is 1. The molecule has 3 rings (SSSR count). The van der Waals surface area contributed by atoms with Crippen molar-refractivity contribution in [3.63, 3.8) is 0 Å². The molecule has 1 aliphatic rings. The SMILES string of the molecule is CC(C)n1c(-c2ccc3c(c2)OCCO3)ccc(CN)c1=O. The summed E-state index contributed by atoms with van der Waals surface area (Å²) in [6.07, 6.45) is 0. The second-order valence-electron chi connectivity index (χ2n) is 5.58. The normalized spacial score (nSPS) is 13.5. The molecule has 1 aromatic heterocycles. The third-order valence-electron chi connectivity index (χ3n) is 3.77. The largest absolute Gasteiger partial charge is 0.486 e. The topological polar surface area (TPSA) is 66.5 Å². The van der Waals surface area contributed by atoms with Gasteiger partial charge >= 0.3 is 0 Å². The Morgan fingerprint density at radius 1 is 1.14 bits per heavy atom. The molecule has 0 fully saturated rings. The molecule has 2 aromatic rings. The standard InChI is InChI=1S/C17H20N2O3/c1-11(2)19-14(5-3-13(10-18)17(19)20)12-4-6-15-16(9-12)22-8-7-21-15/h3-6,9,11H,7-8,10,18H2,1-2H3. The van der Waals surface area contributed by atoms with Gasteiger partial charge in [-0.05, 0) is 38.1 Å². The minimum Gasteiger partial charge on any atom is -0.486 e. The summed E-state index contributed by atoms with van der Waals surface area (Å²) in [7, 11) is 0. The Morgan fingerprint density at radius 2 is 1.86 bits per heavy atom. The predicted octanol–water partition coefficient (Wildman–Crippen LogP) is 2.33. The molecule has 0 saturated heterocycles. The van der Waals surface area contributed by atoms with Crippen molar-refractivity contribution in [2.24, 2.45) is 5.73 Å².